The largest absolute Gasteiger partial charge is 0.416 e. The average Bonchev–Trinajstić information content (AvgIpc) is 2.24. The Morgan fingerprint density at radius 2 is 1.74 bits per heavy atom. The highest BCUT2D eigenvalue weighted by Crippen LogP contribution is 2.33. The third-order valence-corrected chi connectivity index (χ3v) is 2.93. The number of hydrogen-bond donors (Lipinski definition) is 1. The van der Waals surface area contributed by atoms with Crippen LogP contribution in [0.5, 0.6) is 0 Å². The van der Waals surface area contributed by atoms with Crippen molar-refractivity contribution in [1.29, 1.82) is 0 Å². The zero-order valence-electron chi connectivity index (χ0n) is 11.3. The maximum Gasteiger partial charge on any atom is 0.416 e. The van der Waals surface area contributed by atoms with Gasteiger partial charge < -0.3 is 5.73 Å². The van der Waals surface area contributed by atoms with Gasteiger partial charge in [-0.2, -0.15) is 13.2 Å². The van der Waals surface area contributed by atoms with E-state index >= 15 is 0 Å². The Morgan fingerprint density at radius 3 is 2.21 bits per heavy atom. The first-order valence-corrected chi connectivity index (χ1v) is 6.13. The predicted molar refractivity (Wildman–Crippen MR) is 67.0 cm³/mol. The molecule has 1 nitrogen and oxygen atoms in total. The van der Waals surface area contributed by atoms with Gasteiger partial charge in [0.1, 0.15) is 5.82 Å². The fourth-order valence-corrected chi connectivity index (χ4v) is 1.75. The van der Waals surface area contributed by atoms with Crippen molar-refractivity contribution in [2.45, 2.75) is 45.8 Å². The SMILES string of the molecule is CC(C)(C)CCC(N)c1cc(C(F)(F)F)ccc1F. The van der Waals surface area contributed by atoms with Crippen molar-refractivity contribution < 1.29 is 17.6 Å². The van der Waals surface area contributed by atoms with E-state index in [1.54, 1.807) is 0 Å². The molecule has 0 saturated carbocycles. The van der Waals surface area contributed by atoms with Crippen LogP contribution in [-0.2, 0) is 6.18 Å². The van der Waals surface area contributed by atoms with Gasteiger partial charge in [0.15, 0.2) is 0 Å². The lowest BCUT2D eigenvalue weighted by atomic mass is 9.87. The summed E-state index contributed by atoms with van der Waals surface area (Å²) < 4.78 is 51.3. The van der Waals surface area contributed by atoms with Gasteiger partial charge in [0, 0.05) is 11.6 Å². The molecule has 0 bridgehead atoms. The van der Waals surface area contributed by atoms with Crippen LogP contribution in [0.2, 0.25) is 0 Å². The summed E-state index contributed by atoms with van der Waals surface area (Å²) in [5, 5.41) is 0. The molecule has 0 spiro atoms. The lowest BCUT2D eigenvalue weighted by Crippen LogP contribution is -2.17. The van der Waals surface area contributed by atoms with E-state index in [9.17, 15) is 17.6 Å². The van der Waals surface area contributed by atoms with E-state index in [-0.39, 0.29) is 11.0 Å². The molecule has 1 aromatic rings. The van der Waals surface area contributed by atoms with Crippen molar-refractivity contribution in [3.8, 4) is 0 Å². The topological polar surface area (TPSA) is 26.0 Å². The van der Waals surface area contributed by atoms with Gasteiger partial charge in [-0.25, -0.2) is 4.39 Å². The highest BCUT2D eigenvalue weighted by atomic mass is 19.4. The van der Waals surface area contributed by atoms with Gasteiger partial charge in [-0.3, -0.25) is 0 Å². The first-order chi connectivity index (χ1) is 8.50. The van der Waals surface area contributed by atoms with E-state index in [4.69, 9.17) is 5.73 Å². The second-order valence-corrected chi connectivity index (χ2v) is 5.94. The second kappa shape index (κ2) is 5.49. The molecule has 19 heavy (non-hydrogen) atoms. The molecule has 2 N–H and O–H groups in total. The summed E-state index contributed by atoms with van der Waals surface area (Å²) in [5.74, 6) is -0.686. The van der Waals surface area contributed by atoms with E-state index in [1.165, 1.54) is 0 Å². The Hall–Kier alpha value is -1.10. The predicted octanol–water partition coefficient (Wildman–Crippen LogP) is 4.67. The molecular formula is C14H19F4N. The molecule has 0 aliphatic rings. The zero-order valence-corrected chi connectivity index (χ0v) is 11.3. The molecule has 5 heteroatoms. The molecule has 1 unspecified atom stereocenters. The van der Waals surface area contributed by atoms with E-state index in [0.29, 0.717) is 12.8 Å². The smallest absolute Gasteiger partial charge is 0.324 e. The summed E-state index contributed by atoms with van der Waals surface area (Å²) in [6.07, 6.45) is -3.32. The summed E-state index contributed by atoms with van der Waals surface area (Å²) >= 11 is 0. The van der Waals surface area contributed by atoms with Crippen molar-refractivity contribution >= 4 is 0 Å². The number of benzene rings is 1. The Morgan fingerprint density at radius 1 is 1.16 bits per heavy atom. The summed E-state index contributed by atoms with van der Waals surface area (Å²) in [6, 6.07) is 1.65. The van der Waals surface area contributed by atoms with Crippen LogP contribution in [0.4, 0.5) is 17.6 Å². The van der Waals surface area contributed by atoms with Gasteiger partial charge in [0.2, 0.25) is 0 Å². The van der Waals surface area contributed by atoms with Gasteiger partial charge in [0.05, 0.1) is 5.56 Å². The van der Waals surface area contributed by atoms with E-state index < -0.39 is 23.6 Å². The highest BCUT2D eigenvalue weighted by Gasteiger charge is 2.31. The number of halogens is 4. The molecule has 0 heterocycles. The molecule has 1 rings (SSSR count). The molecule has 0 aliphatic carbocycles. The van der Waals surface area contributed by atoms with Crippen LogP contribution >= 0.6 is 0 Å². The minimum Gasteiger partial charge on any atom is -0.324 e. The molecule has 108 valence electrons. The van der Waals surface area contributed by atoms with Crippen LogP contribution in [0, 0.1) is 11.2 Å². The molecule has 0 radical (unpaired) electrons. The molecule has 1 atom stereocenters. The number of alkyl halides is 3. The molecule has 0 aromatic heterocycles. The number of rotatable bonds is 3. The fraction of sp³-hybridized carbons (Fsp3) is 0.571. The quantitative estimate of drug-likeness (QED) is 0.798. The van der Waals surface area contributed by atoms with Crippen LogP contribution in [-0.4, -0.2) is 0 Å². The van der Waals surface area contributed by atoms with Crippen molar-refractivity contribution in [3.05, 3.63) is 35.1 Å². The summed E-state index contributed by atoms with van der Waals surface area (Å²) in [7, 11) is 0. The lowest BCUT2D eigenvalue weighted by Gasteiger charge is -2.21. The summed E-state index contributed by atoms with van der Waals surface area (Å²) in [5.41, 5.74) is 4.88. The van der Waals surface area contributed by atoms with Crippen LogP contribution in [0.25, 0.3) is 0 Å². The van der Waals surface area contributed by atoms with E-state index in [1.807, 2.05) is 20.8 Å². The monoisotopic (exact) mass is 277 g/mol. The molecule has 0 saturated heterocycles. The second-order valence-electron chi connectivity index (χ2n) is 5.94. The Kier molecular flexibility index (Phi) is 4.61. The molecule has 1 aromatic carbocycles. The van der Waals surface area contributed by atoms with Crippen molar-refractivity contribution in [2.24, 2.45) is 11.1 Å². The Balaban J connectivity index is 2.93. The molecular weight excluding hydrogens is 258 g/mol. The Labute approximate surface area is 110 Å². The Bertz CT molecular complexity index is 432. The van der Waals surface area contributed by atoms with Crippen molar-refractivity contribution in [3.63, 3.8) is 0 Å². The lowest BCUT2D eigenvalue weighted by molar-refractivity contribution is -0.137. The maximum absolute atomic E-state index is 13.6. The summed E-state index contributed by atoms with van der Waals surface area (Å²) in [6.45, 7) is 6.01. The first kappa shape index (κ1) is 16.0. The van der Waals surface area contributed by atoms with Gasteiger partial charge in [-0.05, 0) is 36.5 Å². The summed E-state index contributed by atoms with van der Waals surface area (Å²) in [4.78, 5) is 0. The number of hydrogen-bond acceptors (Lipinski definition) is 1. The van der Waals surface area contributed by atoms with Crippen molar-refractivity contribution in [1.82, 2.24) is 0 Å². The standard InChI is InChI=1S/C14H19F4N/c1-13(2,3)7-6-12(19)10-8-9(14(16,17)18)4-5-11(10)15/h4-5,8,12H,6-7,19H2,1-3H3. The van der Waals surface area contributed by atoms with E-state index in [0.717, 1.165) is 18.2 Å². The molecule has 0 fully saturated rings. The normalized spacial score (nSPS) is 14.5. The van der Waals surface area contributed by atoms with Gasteiger partial charge in [-0.15, -0.1) is 0 Å². The fourth-order valence-electron chi connectivity index (χ4n) is 1.75. The van der Waals surface area contributed by atoms with E-state index in [2.05, 4.69) is 0 Å². The third-order valence-electron chi connectivity index (χ3n) is 2.93. The zero-order chi connectivity index (χ0) is 14.8. The first-order valence-electron chi connectivity index (χ1n) is 6.13. The van der Waals surface area contributed by atoms with Crippen LogP contribution in [0.15, 0.2) is 18.2 Å². The van der Waals surface area contributed by atoms with Crippen LogP contribution in [0.3, 0.4) is 0 Å². The van der Waals surface area contributed by atoms with Crippen LogP contribution < -0.4 is 5.73 Å². The number of nitrogens with two attached hydrogens (primary N) is 1. The minimum atomic E-state index is -4.48. The highest BCUT2D eigenvalue weighted by molar-refractivity contribution is 5.29. The van der Waals surface area contributed by atoms with Gasteiger partial charge >= 0.3 is 6.18 Å². The molecule has 0 aliphatic heterocycles. The molecule has 0 amide bonds. The van der Waals surface area contributed by atoms with Crippen LogP contribution in [0.1, 0.15) is 50.8 Å². The van der Waals surface area contributed by atoms with Gasteiger partial charge in [0.25, 0.3) is 0 Å². The average molecular weight is 277 g/mol. The van der Waals surface area contributed by atoms with Crippen molar-refractivity contribution in [2.75, 3.05) is 0 Å². The maximum atomic E-state index is 13.6. The third kappa shape index (κ3) is 4.82. The van der Waals surface area contributed by atoms with Gasteiger partial charge in [-0.1, -0.05) is 20.8 Å². The minimum absolute atomic E-state index is 0.00966.